The zero-order chi connectivity index (χ0) is 15.2. The lowest BCUT2D eigenvalue weighted by atomic mass is 9.81. The van der Waals surface area contributed by atoms with Crippen molar-refractivity contribution in [2.45, 2.75) is 19.3 Å². The van der Waals surface area contributed by atoms with E-state index in [0.29, 0.717) is 17.4 Å². The monoisotopic (exact) mass is 355 g/mol. The van der Waals surface area contributed by atoms with Gasteiger partial charge in [-0.1, -0.05) is 22.4 Å². The fourth-order valence-electron chi connectivity index (χ4n) is 3.63. The Morgan fingerprint density at radius 2 is 2.19 bits per heavy atom. The van der Waals surface area contributed by atoms with Gasteiger partial charge in [0.2, 0.25) is 0 Å². The first-order valence-corrected chi connectivity index (χ1v) is 7.71. The third kappa shape index (κ3) is 2.25. The summed E-state index contributed by atoms with van der Waals surface area (Å²) in [5.41, 5.74) is -0.833. The van der Waals surface area contributed by atoms with Gasteiger partial charge >= 0.3 is 5.97 Å². The molecule has 3 rings (SSSR count). The molecule has 1 N–H and O–H groups in total. The molecular formula is C15H15BrFNO3. The fraction of sp³-hybridized carbons (Fsp3) is 0.467. The summed E-state index contributed by atoms with van der Waals surface area (Å²) in [6, 6.07) is 4.29. The van der Waals surface area contributed by atoms with E-state index in [-0.39, 0.29) is 18.0 Å². The number of carboxylic acids is 1. The van der Waals surface area contributed by atoms with Crippen LogP contribution < -0.4 is 0 Å². The van der Waals surface area contributed by atoms with Crippen LogP contribution in [0.1, 0.15) is 29.6 Å². The SMILES string of the molecule is O=C(c1ccc(Br)cc1F)N1C[C@@H]2CCC[C@@]2(C(=O)O)C1. The summed E-state index contributed by atoms with van der Waals surface area (Å²) in [7, 11) is 0. The predicted molar refractivity (Wildman–Crippen MR) is 77.4 cm³/mol. The number of nitrogens with zero attached hydrogens (tertiary/aromatic N) is 1. The molecule has 0 radical (unpaired) electrons. The normalized spacial score (nSPS) is 27.7. The maximum absolute atomic E-state index is 13.9. The minimum absolute atomic E-state index is 0.00119. The summed E-state index contributed by atoms with van der Waals surface area (Å²) in [6.45, 7) is 0.585. The molecule has 1 aromatic carbocycles. The first-order valence-electron chi connectivity index (χ1n) is 6.92. The van der Waals surface area contributed by atoms with Gasteiger partial charge in [0.15, 0.2) is 0 Å². The Labute approximate surface area is 130 Å². The van der Waals surface area contributed by atoms with E-state index in [1.165, 1.54) is 17.0 Å². The van der Waals surface area contributed by atoms with E-state index in [1.807, 2.05) is 0 Å². The zero-order valence-corrected chi connectivity index (χ0v) is 12.9. The number of halogens is 2. The highest BCUT2D eigenvalue weighted by atomic mass is 79.9. The van der Waals surface area contributed by atoms with E-state index in [4.69, 9.17) is 0 Å². The van der Waals surface area contributed by atoms with Crippen molar-refractivity contribution in [3.8, 4) is 0 Å². The van der Waals surface area contributed by atoms with Crippen LogP contribution in [0.15, 0.2) is 22.7 Å². The van der Waals surface area contributed by atoms with Crippen LogP contribution in [0.2, 0.25) is 0 Å². The van der Waals surface area contributed by atoms with E-state index >= 15 is 0 Å². The number of carbonyl (C=O) groups excluding carboxylic acids is 1. The van der Waals surface area contributed by atoms with Gasteiger partial charge in [-0.25, -0.2) is 4.39 Å². The summed E-state index contributed by atoms with van der Waals surface area (Å²) in [5, 5.41) is 9.52. The summed E-state index contributed by atoms with van der Waals surface area (Å²) in [5.74, 6) is -1.86. The van der Waals surface area contributed by atoms with Crippen LogP contribution in [0.3, 0.4) is 0 Å². The predicted octanol–water partition coefficient (Wildman–Crippen LogP) is 2.92. The van der Waals surface area contributed by atoms with Crippen LogP contribution in [-0.4, -0.2) is 35.0 Å². The van der Waals surface area contributed by atoms with E-state index in [2.05, 4.69) is 15.9 Å². The number of aliphatic carboxylic acids is 1. The Hall–Kier alpha value is -1.43. The molecule has 1 saturated carbocycles. The Morgan fingerprint density at radius 1 is 1.43 bits per heavy atom. The van der Waals surface area contributed by atoms with Crippen molar-refractivity contribution in [1.29, 1.82) is 0 Å². The second-order valence-electron chi connectivity index (χ2n) is 5.86. The highest BCUT2D eigenvalue weighted by Crippen LogP contribution is 2.49. The van der Waals surface area contributed by atoms with Gasteiger partial charge in [0, 0.05) is 17.6 Å². The first-order chi connectivity index (χ1) is 9.94. The number of fused-ring (bicyclic) bond motifs is 1. The van der Waals surface area contributed by atoms with Crippen molar-refractivity contribution >= 4 is 27.8 Å². The molecule has 1 amide bonds. The van der Waals surface area contributed by atoms with Crippen molar-refractivity contribution in [1.82, 2.24) is 4.90 Å². The molecule has 1 aliphatic heterocycles. The van der Waals surface area contributed by atoms with Crippen LogP contribution in [0.25, 0.3) is 0 Å². The van der Waals surface area contributed by atoms with E-state index < -0.39 is 23.1 Å². The summed E-state index contributed by atoms with van der Waals surface area (Å²) in [6.07, 6.45) is 2.30. The third-order valence-corrected chi connectivity index (χ3v) is 5.24. The molecule has 1 saturated heterocycles. The van der Waals surface area contributed by atoms with Crippen LogP contribution in [0.5, 0.6) is 0 Å². The van der Waals surface area contributed by atoms with Crippen LogP contribution in [-0.2, 0) is 4.79 Å². The number of rotatable bonds is 2. The second kappa shape index (κ2) is 5.09. The first kappa shape index (κ1) is 14.5. The maximum atomic E-state index is 13.9. The molecule has 4 nitrogen and oxygen atoms in total. The Kier molecular flexibility index (Phi) is 3.51. The molecule has 21 heavy (non-hydrogen) atoms. The molecule has 2 atom stereocenters. The van der Waals surface area contributed by atoms with E-state index in [1.54, 1.807) is 6.07 Å². The molecule has 0 unspecified atom stereocenters. The topological polar surface area (TPSA) is 57.6 Å². The van der Waals surface area contributed by atoms with Crippen molar-refractivity contribution in [2.75, 3.05) is 13.1 Å². The molecule has 0 aromatic heterocycles. The summed E-state index contributed by atoms with van der Waals surface area (Å²) < 4.78 is 14.5. The van der Waals surface area contributed by atoms with Gasteiger partial charge < -0.3 is 10.0 Å². The average molecular weight is 356 g/mol. The van der Waals surface area contributed by atoms with Gasteiger partial charge in [-0.2, -0.15) is 0 Å². The van der Waals surface area contributed by atoms with Gasteiger partial charge in [-0.15, -0.1) is 0 Å². The summed E-state index contributed by atoms with van der Waals surface area (Å²) >= 11 is 3.15. The third-order valence-electron chi connectivity index (χ3n) is 4.75. The maximum Gasteiger partial charge on any atom is 0.311 e. The van der Waals surface area contributed by atoms with Gasteiger partial charge in [0.1, 0.15) is 5.82 Å². The molecule has 2 aliphatic rings. The number of benzene rings is 1. The van der Waals surface area contributed by atoms with Crippen LogP contribution in [0, 0.1) is 17.2 Å². The molecule has 0 bridgehead atoms. The number of amides is 1. The van der Waals surface area contributed by atoms with Crippen molar-refractivity contribution < 1.29 is 19.1 Å². The Balaban J connectivity index is 1.86. The molecular weight excluding hydrogens is 341 g/mol. The molecule has 2 fully saturated rings. The minimum atomic E-state index is -0.837. The minimum Gasteiger partial charge on any atom is -0.481 e. The van der Waals surface area contributed by atoms with Gasteiger partial charge in [0.25, 0.3) is 5.91 Å². The fourth-order valence-corrected chi connectivity index (χ4v) is 3.96. The van der Waals surface area contributed by atoms with Crippen molar-refractivity contribution in [3.05, 3.63) is 34.1 Å². The largest absolute Gasteiger partial charge is 0.481 e. The lowest BCUT2D eigenvalue weighted by Gasteiger charge is -2.23. The van der Waals surface area contributed by atoms with Crippen LogP contribution >= 0.6 is 15.9 Å². The molecule has 1 aliphatic carbocycles. The number of likely N-dealkylation sites (tertiary alicyclic amines) is 1. The van der Waals surface area contributed by atoms with Gasteiger partial charge in [-0.3, -0.25) is 9.59 Å². The molecule has 112 valence electrons. The van der Waals surface area contributed by atoms with Gasteiger partial charge in [-0.05, 0) is 37.0 Å². The lowest BCUT2D eigenvalue weighted by molar-refractivity contribution is -0.149. The highest BCUT2D eigenvalue weighted by Gasteiger charge is 2.55. The molecule has 1 heterocycles. The van der Waals surface area contributed by atoms with E-state index in [0.717, 1.165) is 12.8 Å². The van der Waals surface area contributed by atoms with Crippen molar-refractivity contribution in [2.24, 2.45) is 11.3 Å². The standard InChI is InChI=1S/C15H15BrFNO3/c16-10-3-4-11(12(17)6-10)13(19)18-7-9-2-1-5-15(9,8-18)14(20)21/h3-4,6,9H,1-2,5,7-8H2,(H,20,21)/t9-,15+/m0/s1. The number of hydrogen-bond donors (Lipinski definition) is 1. The lowest BCUT2D eigenvalue weighted by Crippen LogP contribution is -2.37. The number of carboxylic acid groups (broad SMARTS) is 1. The zero-order valence-electron chi connectivity index (χ0n) is 11.3. The Morgan fingerprint density at radius 3 is 2.81 bits per heavy atom. The highest BCUT2D eigenvalue weighted by molar-refractivity contribution is 9.10. The smallest absolute Gasteiger partial charge is 0.311 e. The van der Waals surface area contributed by atoms with Crippen LogP contribution in [0.4, 0.5) is 4.39 Å². The van der Waals surface area contributed by atoms with E-state index in [9.17, 15) is 19.1 Å². The molecule has 1 aromatic rings. The van der Waals surface area contributed by atoms with Gasteiger partial charge in [0.05, 0.1) is 11.0 Å². The summed E-state index contributed by atoms with van der Waals surface area (Å²) in [4.78, 5) is 25.5. The molecule has 6 heteroatoms. The second-order valence-corrected chi connectivity index (χ2v) is 6.78. The Bertz CT molecular complexity index is 621. The molecule has 0 spiro atoms. The average Bonchev–Trinajstić information content (AvgIpc) is 2.95. The number of carbonyl (C=O) groups is 2. The quantitative estimate of drug-likeness (QED) is 0.887. The van der Waals surface area contributed by atoms with Crippen molar-refractivity contribution in [3.63, 3.8) is 0 Å². The number of hydrogen-bond acceptors (Lipinski definition) is 2.